The Labute approximate surface area is 167 Å². The van der Waals surface area contributed by atoms with E-state index in [9.17, 15) is 4.79 Å². The molecule has 0 radical (unpaired) electrons. The first-order valence-electron chi connectivity index (χ1n) is 8.07. The summed E-state index contributed by atoms with van der Waals surface area (Å²) in [5.41, 5.74) is 2.50. The third-order valence-electron chi connectivity index (χ3n) is 4.01. The van der Waals surface area contributed by atoms with Crippen LogP contribution in [0.25, 0.3) is 0 Å². The fourth-order valence-electron chi connectivity index (χ4n) is 2.63. The number of ketones is 1. The maximum absolute atomic E-state index is 12.7. The van der Waals surface area contributed by atoms with Gasteiger partial charge in [0.25, 0.3) is 0 Å². The van der Waals surface area contributed by atoms with Crippen LogP contribution in [-0.2, 0) is 0 Å². The van der Waals surface area contributed by atoms with Gasteiger partial charge in [-0.25, -0.2) is 0 Å². The molecule has 0 fully saturated rings. The van der Waals surface area contributed by atoms with Crippen LogP contribution in [0.1, 0.15) is 28.4 Å². The summed E-state index contributed by atoms with van der Waals surface area (Å²) in [7, 11) is 0. The van der Waals surface area contributed by atoms with Crippen LogP contribution in [0.15, 0.2) is 72.8 Å². The summed E-state index contributed by atoms with van der Waals surface area (Å²) in [6, 6.07) is 21.6. The second-order valence-electron chi connectivity index (χ2n) is 5.89. The highest BCUT2D eigenvalue weighted by Crippen LogP contribution is 2.27. The van der Waals surface area contributed by atoms with Crippen LogP contribution in [0.3, 0.4) is 0 Å². The summed E-state index contributed by atoms with van der Waals surface area (Å²) in [6.45, 7) is 0. The summed E-state index contributed by atoms with van der Waals surface area (Å²) in [4.78, 5) is 12.7. The first-order valence-corrected chi connectivity index (χ1v) is 9.21. The van der Waals surface area contributed by atoms with Gasteiger partial charge in [0.1, 0.15) is 0 Å². The number of rotatable bonds is 6. The quantitative estimate of drug-likeness (QED) is 0.445. The minimum atomic E-state index is -0.198. The summed E-state index contributed by atoms with van der Waals surface area (Å²) < 4.78 is 0. The van der Waals surface area contributed by atoms with Crippen molar-refractivity contribution in [2.24, 2.45) is 0 Å². The van der Waals surface area contributed by atoms with Crippen molar-refractivity contribution >= 4 is 46.3 Å². The van der Waals surface area contributed by atoms with Gasteiger partial charge in [0.15, 0.2) is 5.78 Å². The van der Waals surface area contributed by atoms with Crippen LogP contribution >= 0.6 is 34.8 Å². The lowest BCUT2D eigenvalue weighted by atomic mass is 9.97. The van der Waals surface area contributed by atoms with Crippen molar-refractivity contribution < 1.29 is 4.79 Å². The van der Waals surface area contributed by atoms with Crippen molar-refractivity contribution in [1.82, 2.24) is 0 Å². The standard InChI is InChI=1S/C21H16Cl3NO/c22-16-5-1-14(2-6-16)20(25-19-11-9-18(24)10-12-19)13-21(26)15-3-7-17(23)8-4-15/h1-12,20,25H,13H2/t20-/m0/s1. The second-order valence-corrected chi connectivity index (χ2v) is 7.20. The van der Waals surface area contributed by atoms with Crippen LogP contribution in [0.2, 0.25) is 15.1 Å². The van der Waals surface area contributed by atoms with Gasteiger partial charge in [0.05, 0.1) is 6.04 Å². The first kappa shape index (κ1) is 18.8. The maximum atomic E-state index is 12.7. The SMILES string of the molecule is O=C(C[C@H](Nc1ccc(Cl)cc1)c1ccc(Cl)cc1)c1ccc(Cl)cc1. The molecule has 1 N–H and O–H groups in total. The normalized spacial score (nSPS) is 11.8. The molecular weight excluding hydrogens is 389 g/mol. The molecule has 0 heterocycles. The molecule has 0 amide bonds. The van der Waals surface area contributed by atoms with Gasteiger partial charge >= 0.3 is 0 Å². The van der Waals surface area contributed by atoms with Crippen LogP contribution in [-0.4, -0.2) is 5.78 Å². The molecule has 0 saturated carbocycles. The molecule has 5 heteroatoms. The van der Waals surface area contributed by atoms with Crippen molar-refractivity contribution in [2.45, 2.75) is 12.5 Å². The first-order chi connectivity index (χ1) is 12.5. The van der Waals surface area contributed by atoms with E-state index < -0.39 is 0 Å². The third-order valence-corrected chi connectivity index (χ3v) is 4.77. The highest BCUT2D eigenvalue weighted by atomic mass is 35.5. The molecule has 0 spiro atoms. The Hall–Kier alpha value is -2.00. The Morgan fingerprint density at radius 3 is 1.73 bits per heavy atom. The van der Waals surface area contributed by atoms with E-state index in [-0.39, 0.29) is 11.8 Å². The molecule has 0 aromatic heterocycles. The number of carbonyl (C=O) groups is 1. The van der Waals surface area contributed by atoms with Gasteiger partial charge in [-0.1, -0.05) is 46.9 Å². The Bertz CT molecular complexity index is 875. The van der Waals surface area contributed by atoms with Crippen LogP contribution in [0.4, 0.5) is 5.69 Å². The summed E-state index contributed by atoms with van der Waals surface area (Å²) in [5, 5.41) is 5.33. The Morgan fingerprint density at radius 2 is 1.19 bits per heavy atom. The number of anilines is 1. The molecule has 0 aliphatic heterocycles. The molecule has 0 saturated heterocycles. The minimum absolute atomic E-state index is 0.0306. The lowest BCUT2D eigenvalue weighted by Gasteiger charge is -2.20. The van der Waals surface area contributed by atoms with Gasteiger partial charge in [-0.3, -0.25) is 4.79 Å². The fourth-order valence-corrected chi connectivity index (χ4v) is 3.01. The molecule has 2 nitrogen and oxygen atoms in total. The van der Waals surface area contributed by atoms with E-state index in [2.05, 4.69) is 5.32 Å². The topological polar surface area (TPSA) is 29.1 Å². The zero-order valence-electron chi connectivity index (χ0n) is 13.8. The van der Waals surface area contributed by atoms with Crippen LogP contribution in [0, 0.1) is 0 Å². The number of hydrogen-bond acceptors (Lipinski definition) is 2. The summed E-state index contributed by atoms with van der Waals surface area (Å²) in [5.74, 6) is 0.0306. The van der Waals surface area contributed by atoms with E-state index in [0.29, 0.717) is 27.1 Å². The lowest BCUT2D eigenvalue weighted by Crippen LogP contribution is -2.15. The maximum Gasteiger partial charge on any atom is 0.165 e. The second kappa shape index (κ2) is 8.59. The Morgan fingerprint density at radius 1 is 0.731 bits per heavy atom. The summed E-state index contributed by atoms with van der Waals surface area (Å²) in [6.07, 6.45) is 0.298. The fraction of sp³-hybridized carbons (Fsp3) is 0.0952. The molecule has 0 unspecified atom stereocenters. The summed E-state index contributed by atoms with van der Waals surface area (Å²) >= 11 is 17.9. The average molecular weight is 405 g/mol. The molecule has 3 rings (SSSR count). The van der Waals surface area contributed by atoms with Crippen LogP contribution in [0.5, 0.6) is 0 Å². The van der Waals surface area contributed by atoms with E-state index in [0.717, 1.165) is 11.3 Å². The lowest BCUT2D eigenvalue weighted by molar-refractivity contribution is 0.0976. The van der Waals surface area contributed by atoms with Crippen molar-refractivity contribution in [3.05, 3.63) is 99.0 Å². The van der Waals surface area contributed by atoms with E-state index in [4.69, 9.17) is 34.8 Å². The molecule has 0 bridgehead atoms. The van der Waals surface area contributed by atoms with Gasteiger partial charge in [0, 0.05) is 32.7 Å². The molecule has 1 atom stereocenters. The largest absolute Gasteiger partial charge is 0.378 e. The Kier molecular flexibility index (Phi) is 6.20. The molecule has 3 aromatic rings. The third kappa shape index (κ3) is 5.01. The van der Waals surface area contributed by atoms with E-state index in [1.807, 2.05) is 48.5 Å². The number of nitrogens with one attached hydrogen (secondary N) is 1. The smallest absolute Gasteiger partial charge is 0.165 e. The number of Topliss-reactive ketones (excluding diaryl/α,β-unsaturated/α-hetero) is 1. The van der Waals surface area contributed by atoms with E-state index in [1.54, 1.807) is 24.3 Å². The molecular formula is C21H16Cl3NO. The van der Waals surface area contributed by atoms with Gasteiger partial charge < -0.3 is 5.32 Å². The average Bonchev–Trinajstić information content (AvgIpc) is 2.64. The highest BCUT2D eigenvalue weighted by Gasteiger charge is 2.17. The molecule has 0 aliphatic carbocycles. The van der Waals surface area contributed by atoms with Gasteiger partial charge in [-0.15, -0.1) is 0 Å². The molecule has 0 aliphatic rings. The van der Waals surface area contributed by atoms with Gasteiger partial charge in [-0.2, -0.15) is 0 Å². The number of halogens is 3. The highest BCUT2D eigenvalue weighted by molar-refractivity contribution is 6.31. The predicted octanol–water partition coefficient (Wildman–Crippen LogP) is 7.07. The van der Waals surface area contributed by atoms with Crippen LogP contribution < -0.4 is 5.32 Å². The minimum Gasteiger partial charge on any atom is -0.378 e. The van der Waals surface area contributed by atoms with Crippen molar-refractivity contribution in [3.63, 3.8) is 0 Å². The number of hydrogen-bond donors (Lipinski definition) is 1. The van der Waals surface area contributed by atoms with Gasteiger partial charge in [-0.05, 0) is 66.2 Å². The molecule has 3 aromatic carbocycles. The zero-order chi connectivity index (χ0) is 18.5. The zero-order valence-corrected chi connectivity index (χ0v) is 16.0. The number of benzene rings is 3. The predicted molar refractivity (Wildman–Crippen MR) is 110 cm³/mol. The molecule has 26 heavy (non-hydrogen) atoms. The van der Waals surface area contributed by atoms with Gasteiger partial charge in [0.2, 0.25) is 0 Å². The van der Waals surface area contributed by atoms with E-state index in [1.165, 1.54) is 0 Å². The molecule has 132 valence electrons. The number of carbonyl (C=O) groups excluding carboxylic acids is 1. The van der Waals surface area contributed by atoms with E-state index >= 15 is 0 Å². The van der Waals surface area contributed by atoms with Crippen molar-refractivity contribution in [3.8, 4) is 0 Å². The van der Waals surface area contributed by atoms with Crippen molar-refractivity contribution in [1.29, 1.82) is 0 Å². The monoisotopic (exact) mass is 403 g/mol. The van der Waals surface area contributed by atoms with Crippen molar-refractivity contribution in [2.75, 3.05) is 5.32 Å². The Balaban J connectivity index is 1.84.